The molecule has 0 spiro atoms. The molecular formula is C12H20ClN3. The highest BCUT2D eigenvalue weighted by molar-refractivity contribution is 6.20. The fourth-order valence-corrected chi connectivity index (χ4v) is 1.71. The molecule has 4 heteroatoms. The molecule has 0 saturated carbocycles. The van der Waals surface area contributed by atoms with Crippen LogP contribution >= 0.6 is 11.6 Å². The first kappa shape index (κ1) is 13.2. The molecule has 1 aromatic heterocycles. The summed E-state index contributed by atoms with van der Waals surface area (Å²) in [5.74, 6) is 2.19. The highest BCUT2D eigenvalue weighted by Crippen LogP contribution is 2.16. The van der Waals surface area contributed by atoms with Gasteiger partial charge in [-0.3, -0.25) is 0 Å². The van der Waals surface area contributed by atoms with Crippen LogP contribution in [0.1, 0.15) is 38.2 Å². The molecular weight excluding hydrogens is 222 g/mol. The summed E-state index contributed by atoms with van der Waals surface area (Å²) in [5, 5.41) is 0.114. The van der Waals surface area contributed by atoms with Gasteiger partial charge in [0, 0.05) is 36.6 Å². The van der Waals surface area contributed by atoms with Crippen LogP contribution in [0.2, 0.25) is 0 Å². The van der Waals surface area contributed by atoms with Crippen molar-refractivity contribution in [3.63, 3.8) is 0 Å². The van der Waals surface area contributed by atoms with E-state index in [2.05, 4.69) is 28.7 Å². The summed E-state index contributed by atoms with van der Waals surface area (Å²) in [6.07, 6.45) is 0. The molecule has 1 unspecified atom stereocenters. The van der Waals surface area contributed by atoms with E-state index >= 15 is 0 Å². The molecule has 1 aromatic rings. The molecule has 1 heterocycles. The van der Waals surface area contributed by atoms with Crippen molar-refractivity contribution in [2.24, 2.45) is 0 Å². The summed E-state index contributed by atoms with van der Waals surface area (Å²) in [7, 11) is 2.00. The van der Waals surface area contributed by atoms with Crippen molar-refractivity contribution in [2.45, 2.75) is 39.0 Å². The predicted octanol–water partition coefficient (Wildman–Crippen LogP) is 2.97. The summed E-state index contributed by atoms with van der Waals surface area (Å²) in [4.78, 5) is 11.0. The zero-order chi connectivity index (χ0) is 12.3. The van der Waals surface area contributed by atoms with E-state index in [9.17, 15) is 0 Å². The van der Waals surface area contributed by atoms with Crippen molar-refractivity contribution in [3.05, 3.63) is 17.6 Å². The van der Waals surface area contributed by atoms with Gasteiger partial charge in [0.1, 0.15) is 11.6 Å². The highest BCUT2D eigenvalue weighted by atomic mass is 35.5. The lowest BCUT2D eigenvalue weighted by Crippen LogP contribution is -2.25. The maximum atomic E-state index is 5.98. The first-order valence-corrected chi connectivity index (χ1v) is 6.04. The van der Waals surface area contributed by atoms with E-state index < -0.39 is 0 Å². The fourth-order valence-electron chi connectivity index (χ4n) is 1.50. The number of alkyl halides is 1. The van der Waals surface area contributed by atoms with Crippen LogP contribution < -0.4 is 4.90 Å². The second-order valence-corrected chi connectivity index (χ2v) is 5.29. The van der Waals surface area contributed by atoms with Gasteiger partial charge in [-0.05, 0) is 13.8 Å². The molecule has 1 atom stereocenters. The molecule has 0 bridgehead atoms. The minimum absolute atomic E-state index is 0.114. The van der Waals surface area contributed by atoms with Crippen molar-refractivity contribution in [1.29, 1.82) is 0 Å². The van der Waals surface area contributed by atoms with Crippen LogP contribution in [0.4, 0.5) is 5.82 Å². The van der Waals surface area contributed by atoms with Gasteiger partial charge < -0.3 is 4.90 Å². The van der Waals surface area contributed by atoms with E-state index in [4.69, 9.17) is 11.6 Å². The van der Waals surface area contributed by atoms with Crippen molar-refractivity contribution < 1.29 is 0 Å². The van der Waals surface area contributed by atoms with Gasteiger partial charge >= 0.3 is 0 Å². The largest absolute Gasteiger partial charge is 0.358 e. The normalized spacial score (nSPS) is 12.9. The topological polar surface area (TPSA) is 29.0 Å². The molecule has 90 valence electrons. The molecule has 0 saturated heterocycles. The van der Waals surface area contributed by atoms with E-state index in [1.807, 2.05) is 27.0 Å². The second kappa shape index (κ2) is 5.48. The quantitative estimate of drug-likeness (QED) is 0.759. The zero-order valence-corrected chi connectivity index (χ0v) is 11.4. The Morgan fingerprint density at radius 2 is 1.94 bits per heavy atom. The smallest absolute Gasteiger partial charge is 0.133 e. The van der Waals surface area contributed by atoms with Gasteiger partial charge in [-0.1, -0.05) is 13.8 Å². The van der Waals surface area contributed by atoms with Crippen LogP contribution in [0, 0.1) is 6.92 Å². The van der Waals surface area contributed by atoms with Crippen LogP contribution in [0.15, 0.2) is 6.07 Å². The van der Waals surface area contributed by atoms with Crippen LogP contribution in [0.25, 0.3) is 0 Å². The van der Waals surface area contributed by atoms with Gasteiger partial charge in [-0.15, -0.1) is 11.6 Å². The summed E-state index contributed by atoms with van der Waals surface area (Å²) in [6, 6.07) is 1.99. The average molecular weight is 242 g/mol. The maximum absolute atomic E-state index is 5.98. The Morgan fingerprint density at radius 1 is 1.31 bits per heavy atom. The Labute approximate surface area is 103 Å². The first-order chi connectivity index (χ1) is 7.40. The predicted molar refractivity (Wildman–Crippen MR) is 69.4 cm³/mol. The standard InChI is InChI=1S/C12H20ClN3/c1-8(2)12-14-10(4)6-11(15-12)16(5)7-9(3)13/h6,8-9H,7H2,1-5H3. The molecule has 0 radical (unpaired) electrons. The summed E-state index contributed by atoms with van der Waals surface area (Å²) >= 11 is 5.98. The molecule has 0 aliphatic heterocycles. The van der Waals surface area contributed by atoms with Crippen LogP contribution in [0.3, 0.4) is 0 Å². The van der Waals surface area contributed by atoms with E-state index in [0.717, 1.165) is 23.9 Å². The van der Waals surface area contributed by atoms with Gasteiger partial charge in [0.15, 0.2) is 0 Å². The summed E-state index contributed by atoms with van der Waals surface area (Å²) in [5.41, 5.74) is 1.00. The van der Waals surface area contributed by atoms with E-state index in [1.165, 1.54) is 0 Å². The zero-order valence-electron chi connectivity index (χ0n) is 10.7. The Kier molecular flexibility index (Phi) is 4.54. The molecule has 16 heavy (non-hydrogen) atoms. The lowest BCUT2D eigenvalue weighted by molar-refractivity contribution is 0.751. The number of halogens is 1. The third-order valence-electron chi connectivity index (χ3n) is 2.29. The van der Waals surface area contributed by atoms with E-state index in [1.54, 1.807) is 0 Å². The monoisotopic (exact) mass is 241 g/mol. The number of nitrogens with zero attached hydrogens (tertiary/aromatic N) is 3. The minimum Gasteiger partial charge on any atom is -0.358 e. The third kappa shape index (κ3) is 3.63. The average Bonchev–Trinajstić information content (AvgIpc) is 2.15. The third-order valence-corrected chi connectivity index (χ3v) is 2.43. The van der Waals surface area contributed by atoms with Crippen LogP contribution in [0.5, 0.6) is 0 Å². The molecule has 0 amide bonds. The van der Waals surface area contributed by atoms with Crippen LogP contribution in [-0.4, -0.2) is 28.9 Å². The van der Waals surface area contributed by atoms with Gasteiger partial charge in [0.05, 0.1) is 0 Å². The van der Waals surface area contributed by atoms with Gasteiger partial charge in [0.25, 0.3) is 0 Å². The molecule has 1 rings (SSSR count). The fraction of sp³-hybridized carbons (Fsp3) is 0.667. The first-order valence-electron chi connectivity index (χ1n) is 5.61. The van der Waals surface area contributed by atoms with Gasteiger partial charge in [-0.25, -0.2) is 9.97 Å². The van der Waals surface area contributed by atoms with E-state index in [-0.39, 0.29) is 5.38 Å². The van der Waals surface area contributed by atoms with Crippen LogP contribution in [-0.2, 0) is 0 Å². The minimum atomic E-state index is 0.114. The molecule has 0 aliphatic carbocycles. The molecule has 0 aliphatic rings. The number of hydrogen-bond acceptors (Lipinski definition) is 3. The van der Waals surface area contributed by atoms with Crippen molar-refractivity contribution >= 4 is 17.4 Å². The Bertz CT molecular complexity index is 350. The molecule has 0 aromatic carbocycles. The highest BCUT2D eigenvalue weighted by Gasteiger charge is 2.10. The summed E-state index contributed by atoms with van der Waals surface area (Å²) < 4.78 is 0. The second-order valence-electron chi connectivity index (χ2n) is 4.54. The lowest BCUT2D eigenvalue weighted by atomic mass is 10.2. The number of anilines is 1. The Hall–Kier alpha value is -0.830. The van der Waals surface area contributed by atoms with Crippen molar-refractivity contribution in [2.75, 3.05) is 18.5 Å². The maximum Gasteiger partial charge on any atom is 0.133 e. The van der Waals surface area contributed by atoms with Crippen molar-refractivity contribution in [1.82, 2.24) is 9.97 Å². The number of hydrogen-bond donors (Lipinski definition) is 0. The lowest BCUT2D eigenvalue weighted by Gasteiger charge is -2.20. The van der Waals surface area contributed by atoms with E-state index in [0.29, 0.717) is 5.92 Å². The summed E-state index contributed by atoms with van der Waals surface area (Å²) in [6.45, 7) is 8.96. The SMILES string of the molecule is Cc1cc(N(C)CC(C)Cl)nc(C(C)C)n1. The van der Waals surface area contributed by atoms with Gasteiger partial charge in [0.2, 0.25) is 0 Å². The number of aromatic nitrogens is 2. The van der Waals surface area contributed by atoms with Crippen molar-refractivity contribution in [3.8, 4) is 0 Å². The van der Waals surface area contributed by atoms with Gasteiger partial charge in [-0.2, -0.15) is 0 Å². The molecule has 3 nitrogen and oxygen atoms in total. The molecule has 0 N–H and O–H groups in total. The molecule has 0 fully saturated rings. The Balaban J connectivity index is 2.95. The number of aryl methyl sites for hydroxylation is 1. The number of rotatable bonds is 4. The Morgan fingerprint density at radius 3 is 2.44 bits per heavy atom.